The van der Waals surface area contributed by atoms with Gasteiger partial charge in [0.05, 0.1) is 21.5 Å². The smallest absolute Gasteiger partial charge is 0.135 e. The van der Waals surface area contributed by atoms with Crippen molar-refractivity contribution in [3.8, 4) is 23.1 Å². The molecule has 122 valence electrons. The molecule has 0 amide bonds. The number of thiophene rings is 1. The summed E-state index contributed by atoms with van der Waals surface area (Å²) in [6.07, 6.45) is 2.86. The Morgan fingerprint density at radius 1 is 1.12 bits per heavy atom. The number of hydrogen-bond acceptors (Lipinski definition) is 3. The topological polar surface area (TPSA) is 30.7 Å². The standard InChI is InChI=1S/C21H17N3S/c1-3-15-13-19-21(22-20(15)16-7-5-4-6-8-16)17(14-25-19)9-10-18-11-12-24(2)23-18/h4-8,11-14H,3H2,1-2H3. The Labute approximate surface area is 151 Å². The fraction of sp³-hybridized carbons (Fsp3) is 0.143. The molecule has 0 saturated carbocycles. The lowest BCUT2D eigenvalue weighted by Crippen LogP contribution is -1.92. The van der Waals surface area contributed by atoms with Gasteiger partial charge < -0.3 is 0 Å². The minimum atomic E-state index is 0.773. The van der Waals surface area contributed by atoms with E-state index in [9.17, 15) is 0 Å². The number of fused-ring (bicyclic) bond motifs is 1. The molecular formula is C21H17N3S. The number of rotatable bonds is 2. The molecule has 0 saturated heterocycles. The highest BCUT2D eigenvalue weighted by molar-refractivity contribution is 7.17. The molecule has 3 aromatic heterocycles. The monoisotopic (exact) mass is 343 g/mol. The van der Waals surface area contributed by atoms with Gasteiger partial charge in [0, 0.05) is 24.2 Å². The molecule has 25 heavy (non-hydrogen) atoms. The summed E-state index contributed by atoms with van der Waals surface area (Å²) in [5, 5.41) is 6.39. The third kappa shape index (κ3) is 3.07. The number of aromatic nitrogens is 3. The molecule has 4 rings (SSSR count). The number of aryl methyl sites for hydroxylation is 2. The summed E-state index contributed by atoms with van der Waals surface area (Å²) < 4.78 is 2.94. The summed E-state index contributed by atoms with van der Waals surface area (Å²) >= 11 is 1.70. The summed E-state index contributed by atoms with van der Waals surface area (Å²) in [4.78, 5) is 4.98. The van der Waals surface area contributed by atoms with Crippen molar-refractivity contribution in [3.63, 3.8) is 0 Å². The van der Waals surface area contributed by atoms with Crippen LogP contribution in [-0.4, -0.2) is 14.8 Å². The van der Waals surface area contributed by atoms with Crippen LogP contribution in [0.5, 0.6) is 0 Å². The van der Waals surface area contributed by atoms with Crippen LogP contribution < -0.4 is 0 Å². The van der Waals surface area contributed by atoms with Gasteiger partial charge in [-0.05, 0) is 30.0 Å². The molecule has 0 N–H and O–H groups in total. The minimum Gasteiger partial charge on any atom is -0.275 e. The lowest BCUT2D eigenvalue weighted by Gasteiger charge is -2.07. The average Bonchev–Trinajstić information content (AvgIpc) is 3.25. The Bertz CT molecular complexity index is 1090. The summed E-state index contributed by atoms with van der Waals surface area (Å²) in [6, 6.07) is 14.5. The van der Waals surface area contributed by atoms with Crippen molar-refractivity contribution in [2.45, 2.75) is 13.3 Å². The lowest BCUT2D eigenvalue weighted by molar-refractivity contribution is 0.764. The van der Waals surface area contributed by atoms with Crippen molar-refractivity contribution >= 4 is 21.6 Å². The summed E-state index contributed by atoms with van der Waals surface area (Å²) in [6.45, 7) is 2.17. The molecule has 4 aromatic rings. The molecule has 4 heteroatoms. The first-order valence-corrected chi connectivity index (χ1v) is 9.11. The second-order valence-corrected chi connectivity index (χ2v) is 6.75. The van der Waals surface area contributed by atoms with E-state index in [4.69, 9.17) is 4.98 Å². The summed E-state index contributed by atoms with van der Waals surface area (Å²) in [5.74, 6) is 6.37. The normalized spacial score (nSPS) is 10.6. The quantitative estimate of drug-likeness (QED) is 0.496. The average molecular weight is 343 g/mol. The Hall–Kier alpha value is -2.90. The molecule has 0 unspecified atom stereocenters. The molecule has 0 aliphatic carbocycles. The van der Waals surface area contributed by atoms with Crippen LogP contribution in [0.2, 0.25) is 0 Å². The maximum atomic E-state index is 4.98. The Morgan fingerprint density at radius 2 is 1.96 bits per heavy atom. The number of pyridine rings is 1. The zero-order chi connectivity index (χ0) is 17.2. The third-order valence-electron chi connectivity index (χ3n) is 4.09. The molecule has 0 bridgehead atoms. The van der Waals surface area contributed by atoms with Crippen molar-refractivity contribution in [2.24, 2.45) is 7.05 Å². The van der Waals surface area contributed by atoms with E-state index in [-0.39, 0.29) is 0 Å². The second kappa shape index (κ2) is 6.54. The zero-order valence-corrected chi connectivity index (χ0v) is 15.0. The zero-order valence-electron chi connectivity index (χ0n) is 14.2. The van der Waals surface area contributed by atoms with Crippen LogP contribution in [0.1, 0.15) is 23.7 Å². The van der Waals surface area contributed by atoms with Gasteiger partial charge in [-0.2, -0.15) is 5.10 Å². The highest BCUT2D eigenvalue weighted by Crippen LogP contribution is 2.31. The van der Waals surface area contributed by atoms with Crippen LogP contribution in [0, 0.1) is 11.8 Å². The highest BCUT2D eigenvalue weighted by Gasteiger charge is 2.11. The highest BCUT2D eigenvalue weighted by atomic mass is 32.1. The SMILES string of the molecule is CCc1cc2scc(C#Cc3ccn(C)n3)c2nc1-c1ccccc1. The van der Waals surface area contributed by atoms with Gasteiger partial charge in [0.1, 0.15) is 5.69 Å². The molecule has 0 fully saturated rings. The number of nitrogens with zero attached hydrogens (tertiary/aromatic N) is 3. The van der Waals surface area contributed by atoms with E-state index >= 15 is 0 Å². The van der Waals surface area contributed by atoms with Gasteiger partial charge in [-0.3, -0.25) is 4.68 Å². The van der Waals surface area contributed by atoms with Crippen LogP contribution in [0.4, 0.5) is 0 Å². The van der Waals surface area contributed by atoms with E-state index in [0.717, 1.165) is 34.5 Å². The number of benzene rings is 1. The van der Waals surface area contributed by atoms with Crippen molar-refractivity contribution in [1.82, 2.24) is 14.8 Å². The van der Waals surface area contributed by atoms with Crippen molar-refractivity contribution in [1.29, 1.82) is 0 Å². The molecule has 0 radical (unpaired) electrons. The van der Waals surface area contributed by atoms with Gasteiger partial charge in [-0.25, -0.2) is 4.98 Å². The van der Waals surface area contributed by atoms with Gasteiger partial charge in [0.15, 0.2) is 0 Å². The van der Waals surface area contributed by atoms with E-state index in [1.807, 2.05) is 25.4 Å². The molecule has 3 heterocycles. The van der Waals surface area contributed by atoms with Gasteiger partial charge in [-0.15, -0.1) is 11.3 Å². The van der Waals surface area contributed by atoms with E-state index in [1.54, 1.807) is 16.0 Å². The maximum Gasteiger partial charge on any atom is 0.135 e. The van der Waals surface area contributed by atoms with Gasteiger partial charge in [-0.1, -0.05) is 43.2 Å². The fourth-order valence-electron chi connectivity index (χ4n) is 2.81. The van der Waals surface area contributed by atoms with E-state index < -0.39 is 0 Å². The van der Waals surface area contributed by atoms with Crippen LogP contribution in [0.3, 0.4) is 0 Å². The second-order valence-electron chi connectivity index (χ2n) is 5.84. The summed E-state index contributed by atoms with van der Waals surface area (Å²) in [5.41, 5.74) is 6.18. The number of hydrogen-bond donors (Lipinski definition) is 0. The molecule has 3 nitrogen and oxygen atoms in total. The first-order valence-electron chi connectivity index (χ1n) is 8.23. The third-order valence-corrected chi connectivity index (χ3v) is 5.01. The van der Waals surface area contributed by atoms with Crippen LogP contribution in [0.25, 0.3) is 21.5 Å². The van der Waals surface area contributed by atoms with Crippen LogP contribution >= 0.6 is 11.3 Å². The molecule has 0 spiro atoms. The van der Waals surface area contributed by atoms with E-state index in [1.165, 1.54) is 10.3 Å². The maximum absolute atomic E-state index is 4.98. The molecule has 1 aromatic carbocycles. The molecular weight excluding hydrogens is 326 g/mol. The Kier molecular flexibility index (Phi) is 4.09. The van der Waals surface area contributed by atoms with Crippen LogP contribution in [0.15, 0.2) is 54.0 Å². The fourth-order valence-corrected chi connectivity index (χ4v) is 3.70. The first-order chi connectivity index (χ1) is 12.2. The molecule has 0 aliphatic rings. The van der Waals surface area contributed by atoms with Gasteiger partial charge >= 0.3 is 0 Å². The Morgan fingerprint density at radius 3 is 2.68 bits per heavy atom. The van der Waals surface area contributed by atoms with E-state index in [0.29, 0.717) is 0 Å². The van der Waals surface area contributed by atoms with Crippen molar-refractivity contribution in [3.05, 3.63) is 70.9 Å². The van der Waals surface area contributed by atoms with Crippen molar-refractivity contribution < 1.29 is 0 Å². The van der Waals surface area contributed by atoms with Gasteiger partial charge in [0.2, 0.25) is 0 Å². The van der Waals surface area contributed by atoms with Crippen molar-refractivity contribution in [2.75, 3.05) is 0 Å². The predicted octanol–water partition coefficient (Wildman–Crippen LogP) is 4.66. The molecule has 0 aliphatic heterocycles. The predicted molar refractivity (Wildman–Crippen MR) is 104 cm³/mol. The van der Waals surface area contributed by atoms with E-state index in [2.05, 4.69) is 59.6 Å². The largest absolute Gasteiger partial charge is 0.275 e. The minimum absolute atomic E-state index is 0.773. The Balaban J connectivity index is 1.84. The van der Waals surface area contributed by atoms with Crippen LogP contribution in [-0.2, 0) is 13.5 Å². The van der Waals surface area contributed by atoms with Gasteiger partial charge in [0.25, 0.3) is 0 Å². The lowest BCUT2D eigenvalue weighted by atomic mass is 10.0. The molecule has 0 atom stereocenters. The summed E-state index contributed by atoms with van der Waals surface area (Å²) in [7, 11) is 1.89. The first kappa shape index (κ1) is 15.6.